The molecule has 1 N–H and O–H groups in total. The van der Waals surface area contributed by atoms with Crippen LogP contribution in [0.5, 0.6) is 11.5 Å². The highest BCUT2D eigenvalue weighted by Gasteiger charge is 2.19. The minimum Gasteiger partial charge on any atom is -0.493 e. The van der Waals surface area contributed by atoms with Crippen molar-refractivity contribution in [1.29, 1.82) is 0 Å². The molecule has 3 rings (SSSR count). The Morgan fingerprint density at radius 2 is 1.59 bits per heavy atom. The van der Waals surface area contributed by atoms with Gasteiger partial charge in [-0.2, -0.15) is 0 Å². The Balaban J connectivity index is 1.75. The van der Waals surface area contributed by atoms with Crippen LogP contribution in [0, 0.1) is 5.82 Å². The number of hydrogen-bond acceptors (Lipinski definition) is 5. The Kier molecular flexibility index (Phi) is 7.78. The molecule has 0 heterocycles. The highest BCUT2D eigenvalue weighted by atomic mass is 32.2. The van der Waals surface area contributed by atoms with Crippen LogP contribution in [0.2, 0.25) is 0 Å². The maximum atomic E-state index is 13.2. The Morgan fingerprint density at radius 3 is 2.15 bits per heavy atom. The fraction of sp³-hybridized carbons (Fsp3) is 0.240. The van der Waals surface area contributed by atoms with Crippen molar-refractivity contribution in [3.05, 3.63) is 89.2 Å². The van der Waals surface area contributed by atoms with Crippen LogP contribution in [-0.2, 0) is 16.6 Å². The molecule has 34 heavy (non-hydrogen) atoms. The van der Waals surface area contributed by atoms with Gasteiger partial charge in [0.05, 0.1) is 38.7 Å². The summed E-state index contributed by atoms with van der Waals surface area (Å²) in [5, 5.41) is 2.92. The number of rotatable bonds is 9. The summed E-state index contributed by atoms with van der Waals surface area (Å²) in [6, 6.07) is 17.0. The zero-order chi connectivity index (χ0) is 24.9. The largest absolute Gasteiger partial charge is 0.493 e. The predicted molar refractivity (Wildman–Crippen MR) is 129 cm³/mol. The molecular formula is C25H27FN2O5S. The molecule has 1 amide bonds. The molecule has 0 spiro atoms. The van der Waals surface area contributed by atoms with Crippen LogP contribution in [0.25, 0.3) is 0 Å². The topological polar surface area (TPSA) is 84.9 Å². The van der Waals surface area contributed by atoms with Gasteiger partial charge in [-0.05, 0) is 66.6 Å². The molecule has 9 heteroatoms. The molecule has 0 aromatic heterocycles. The van der Waals surface area contributed by atoms with Crippen molar-refractivity contribution >= 4 is 21.6 Å². The van der Waals surface area contributed by atoms with Gasteiger partial charge in [-0.15, -0.1) is 0 Å². The second kappa shape index (κ2) is 10.6. The number of amides is 1. The van der Waals surface area contributed by atoms with Crippen molar-refractivity contribution in [2.75, 3.05) is 24.8 Å². The summed E-state index contributed by atoms with van der Waals surface area (Å²) in [5.74, 6) is 0.453. The fourth-order valence-electron chi connectivity index (χ4n) is 3.42. The van der Waals surface area contributed by atoms with E-state index in [-0.39, 0.29) is 18.5 Å². The van der Waals surface area contributed by atoms with Crippen LogP contribution < -0.4 is 19.1 Å². The number of anilines is 1. The SMILES string of the molecule is COc1ccc([C@@H](C)NC(=O)c2ccc(N(Cc3ccc(F)cc3)S(C)(=O)=O)cc2)cc1OC. The lowest BCUT2D eigenvalue weighted by atomic mass is 10.1. The molecule has 0 aliphatic carbocycles. The quantitative estimate of drug-likeness (QED) is 0.488. The third-order valence-corrected chi connectivity index (χ3v) is 6.45. The van der Waals surface area contributed by atoms with E-state index < -0.39 is 15.8 Å². The number of nitrogens with one attached hydrogen (secondary N) is 1. The molecular weight excluding hydrogens is 459 g/mol. The van der Waals surface area contributed by atoms with Crippen LogP contribution in [0.3, 0.4) is 0 Å². The Hall–Kier alpha value is -3.59. The van der Waals surface area contributed by atoms with E-state index in [1.165, 1.54) is 28.6 Å². The first kappa shape index (κ1) is 25.0. The van der Waals surface area contributed by atoms with E-state index in [4.69, 9.17) is 9.47 Å². The molecule has 1 atom stereocenters. The molecule has 0 bridgehead atoms. The number of benzene rings is 3. The summed E-state index contributed by atoms with van der Waals surface area (Å²) in [4.78, 5) is 12.8. The van der Waals surface area contributed by atoms with Gasteiger partial charge >= 0.3 is 0 Å². The van der Waals surface area contributed by atoms with Gasteiger partial charge in [0.1, 0.15) is 5.82 Å². The van der Waals surface area contributed by atoms with Gasteiger partial charge < -0.3 is 14.8 Å². The van der Waals surface area contributed by atoms with Gasteiger partial charge in [0.2, 0.25) is 10.0 Å². The minimum absolute atomic E-state index is 0.0427. The van der Waals surface area contributed by atoms with Crippen LogP contribution in [0.4, 0.5) is 10.1 Å². The lowest BCUT2D eigenvalue weighted by molar-refractivity contribution is 0.0940. The third-order valence-electron chi connectivity index (χ3n) is 5.31. The van der Waals surface area contributed by atoms with Gasteiger partial charge in [0, 0.05) is 5.56 Å². The van der Waals surface area contributed by atoms with Crippen LogP contribution >= 0.6 is 0 Å². The average Bonchev–Trinajstić information content (AvgIpc) is 2.82. The maximum absolute atomic E-state index is 13.2. The van der Waals surface area contributed by atoms with Crippen LogP contribution in [0.15, 0.2) is 66.7 Å². The van der Waals surface area contributed by atoms with E-state index in [0.717, 1.165) is 11.8 Å². The third kappa shape index (κ3) is 6.05. The molecule has 0 unspecified atom stereocenters. The number of methoxy groups -OCH3 is 2. The predicted octanol–water partition coefficient (Wildman–Crippen LogP) is 4.30. The Bertz CT molecular complexity index is 1250. The second-order valence-corrected chi connectivity index (χ2v) is 9.66. The van der Waals surface area contributed by atoms with Crippen molar-refractivity contribution in [2.45, 2.75) is 19.5 Å². The molecule has 0 radical (unpaired) electrons. The van der Waals surface area contributed by atoms with Crippen LogP contribution in [-0.4, -0.2) is 34.8 Å². The number of halogens is 1. The molecule has 180 valence electrons. The summed E-state index contributed by atoms with van der Waals surface area (Å²) >= 11 is 0. The lowest BCUT2D eigenvalue weighted by Crippen LogP contribution is -2.29. The van der Waals surface area contributed by atoms with E-state index in [2.05, 4.69) is 5.32 Å². The van der Waals surface area contributed by atoms with Crippen molar-refractivity contribution in [2.24, 2.45) is 0 Å². The molecule has 7 nitrogen and oxygen atoms in total. The van der Waals surface area contributed by atoms with Crippen molar-refractivity contribution in [1.82, 2.24) is 5.32 Å². The zero-order valence-corrected chi connectivity index (χ0v) is 20.2. The smallest absolute Gasteiger partial charge is 0.251 e. The van der Waals surface area contributed by atoms with E-state index in [0.29, 0.717) is 28.3 Å². The Morgan fingerprint density at radius 1 is 0.971 bits per heavy atom. The van der Waals surface area contributed by atoms with Gasteiger partial charge in [0.25, 0.3) is 5.91 Å². The number of sulfonamides is 1. The standard InChI is InChI=1S/C25H27FN2O5S/c1-17(20-9-14-23(32-2)24(15-20)33-3)27-25(29)19-7-12-22(13-8-19)28(34(4,30)31)16-18-5-10-21(26)11-6-18/h5-15,17H,16H2,1-4H3,(H,27,29)/t17-/m1/s1. The summed E-state index contributed by atoms with van der Waals surface area (Å²) in [7, 11) is -0.513. The highest BCUT2D eigenvalue weighted by molar-refractivity contribution is 7.92. The first-order valence-electron chi connectivity index (χ1n) is 10.5. The molecule has 0 fully saturated rings. The van der Waals surface area contributed by atoms with Gasteiger partial charge in [-0.25, -0.2) is 12.8 Å². The molecule has 0 saturated carbocycles. The molecule has 0 aliphatic rings. The summed E-state index contributed by atoms with van der Waals surface area (Å²) in [5.41, 5.74) is 2.25. The molecule has 3 aromatic carbocycles. The first-order chi connectivity index (χ1) is 16.1. The minimum atomic E-state index is -3.61. The first-order valence-corrected chi connectivity index (χ1v) is 12.3. The molecule has 3 aromatic rings. The number of carbonyl (C=O) groups is 1. The van der Waals surface area contributed by atoms with E-state index in [1.54, 1.807) is 50.6 Å². The summed E-state index contributed by atoms with van der Waals surface area (Å²) in [6.07, 6.45) is 1.10. The fourth-order valence-corrected chi connectivity index (χ4v) is 4.31. The average molecular weight is 487 g/mol. The molecule has 0 aliphatic heterocycles. The van der Waals surface area contributed by atoms with E-state index in [9.17, 15) is 17.6 Å². The Labute approximate surface area is 199 Å². The number of hydrogen-bond donors (Lipinski definition) is 1. The van der Waals surface area contributed by atoms with Gasteiger partial charge in [-0.1, -0.05) is 18.2 Å². The summed E-state index contributed by atoms with van der Waals surface area (Å²) in [6.45, 7) is 1.89. The van der Waals surface area contributed by atoms with E-state index >= 15 is 0 Å². The summed E-state index contributed by atoms with van der Waals surface area (Å²) < 4.78 is 49.7. The second-order valence-electron chi connectivity index (χ2n) is 7.75. The van der Waals surface area contributed by atoms with Gasteiger partial charge in [0.15, 0.2) is 11.5 Å². The number of ether oxygens (including phenoxy) is 2. The van der Waals surface area contributed by atoms with Crippen LogP contribution in [0.1, 0.15) is 34.5 Å². The number of nitrogens with zero attached hydrogens (tertiary/aromatic N) is 1. The van der Waals surface area contributed by atoms with Gasteiger partial charge in [-0.3, -0.25) is 9.10 Å². The zero-order valence-electron chi connectivity index (χ0n) is 19.4. The molecule has 0 saturated heterocycles. The highest BCUT2D eigenvalue weighted by Crippen LogP contribution is 2.30. The van der Waals surface area contributed by atoms with Crippen molar-refractivity contribution in [3.63, 3.8) is 0 Å². The normalized spacial score (nSPS) is 12.0. The van der Waals surface area contributed by atoms with E-state index in [1.807, 2.05) is 13.0 Å². The lowest BCUT2D eigenvalue weighted by Gasteiger charge is -2.23. The van der Waals surface area contributed by atoms with Crippen molar-refractivity contribution in [3.8, 4) is 11.5 Å². The maximum Gasteiger partial charge on any atom is 0.251 e. The van der Waals surface area contributed by atoms with Crippen molar-refractivity contribution < 1.29 is 27.1 Å². The monoisotopic (exact) mass is 486 g/mol. The number of carbonyl (C=O) groups excluding carboxylic acids is 1.